The van der Waals surface area contributed by atoms with Gasteiger partial charge in [0.15, 0.2) is 6.61 Å². The summed E-state index contributed by atoms with van der Waals surface area (Å²) in [6.07, 6.45) is 1.88. The van der Waals surface area contributed by atoms with Crippen molar-refractivity contribution in [2.75, 3.05) is 11.9 Å². The number of rotatable bonds is 7. The standard InChI is InChI=1S/C20H21FN2O3/c1-13-9-14(5-8-18(13)21)11-22-19(24)12-26-17-4-2-3-16(10-17)23-20(25)15-6-7-15/h2-5,8-10,15H,6-7,11-12H2,1H3,(H,22,24)(H,23,25). The molecule has 1 aliphatic rings. The van der Waals surface area contributed by atoms with Crippen LogP contribution in [-0.2, 0) is 16.1 Å². The number of benzene rings is 2. The highest BCUT2D eigenvalue weighted by Crippen LogP contribution is 2.30. The molecule has 26 heavy (non-hydrogen) atoms. The normalized spacial score (nSPS) is 13.2. The minimum absolute atomic E-state index is 0.0227. The van der Waals surface area contributed by atoms with Crippen LogP contribution in [0.3, 0.4) is 0 Å². The van der Waals surface area contributed by atoms with Gasteiger partial charge >= 0.3 is 0 Å². The lowest BCUT2D eigenvalue weighted by atomic mass is 10.1. The Bertz CT molecular complexity index is 818. The van der Waals surface area contributed by atoms with Crippen molar-refractivity contribution in [3.05, 3.63) is 59.4 Å². The smallest absolute Gasteiger partial charge is 0.258 e. The summed E-state index contributed by atoms with van der Waals surface area (Å²) in [7, 11) is 0. The molecule has 1 fully saturated rings. The van der Waals surface area contributed by atoms with Crippen molar-refractivity contribution in [3.63, 3.8) is 0 Å². The number of ether oxygens (including phenoxy) is 1. The zero-order valence-electron chi connectivity index (χ0n) is 14.5. The number of carbonyl (C=O) groups excluding carboxylic acids is 2. The maximum Gasteiger partial charge on any atom is 0.258 e. The van der Waals surface area contributed by atoms with Crippen LogP contribution in [0.25, 0.3) is 0 Å². The molecule has 0 aromatic heterocycles. The molecule has 136 valence electrons. The quantitative estimate of drug-likeness (QED) is 0.801. The Morgan fingerprint density at radius 3 is 2.73 bits per heavy atom. The van der Waals surface area contributed by atoms with E-state index >= 15 is 0 Å². The number of hydrogen-bond donors (Lipinski definition) is 2. The van der Waals surface area contributed by atoms with Crippen LogP contribution in [0, 0.1) is 18.7 Å². The van der Waals surface area contributed by atoms with Crippen LogP contribution in [0.4, 0.5) is 10.1 Å². The van der Waals surface area contributed by atoms with Crippen molar-refractivity contribution < 1.29 is 18.7 Å². The van der Waals surface area contributed by atoms with Gasteiger partial charge in [-0.1, -0.05) is 18.2 Å². The molecule has 6 heteroatoms. The Labute approximate surface area is 151 Å². The van der Waals surface area contributed by atoms with Crippen molar-refractivity contribution in [2.24, 2.45) is 5.92 Å². The second-order valence-electron chi connectivity index (χ2n) is 6.44. The lowest BCUT2D eigenvalue weighted by Gasteiger charge is -2.10. The Kier molecular flexibility index (Phi) is 5.51. The van der Waals surface area contributed by atoms with Gasteiger partial charge in [-0.05, 0) is 49.1 Å². The second kappa shape index (κ2) is 7.99. The highest BCUT2D eigenvalue weighted by atomic mass is 19.1. The maximum atomic E-state index is 13.2. The monoisotopic (exact) mass is 356 g/mol. The molecule has 0 radical (unpaired) electrons. The van der Waals surface area contributed by atoms with E-state index in [9.17, 15) is 14.0 Å². The third-order valence-corrected chi connectivity index (χ3v) is 4.13. The number of nitrogens with one attached hydrogen (secondary N) is 2. The summed E-state index contributed by atoms with van der Waals surface area (Å²) in [6.45, 7) is 1.85. The zero-order valence-corrected chi connectivity index (χ0v) is 14.5. The van der Waals surface area contributed by atoms with E-state index in [2.05, 4.69) is 10.6 Å². The maximum absolute atomic E-state index is 13.2. The molecule has 0 atom stereocenters. The highest BCUT2D eigenvalue weighted by Gasteiger charge is 2.29. The summed E-state index contributed by atoms with van der Waals surface area (Å²) >= 11 is 0. The van der Waals surface area contributed by atoms with E-state index in [1.54, 1.807) is 43.3 Å². The third-order valence-electron chi connectivity index (χ3n) is 4.13. The largest absolute Gasteiger partial charge is 0.484 e. The molecule has 0 saturated heterocycles. The van der Waals surface area contributed by atoms with Crippen LogP contribution in [0.2, 0.25) is 0 Å². The van der Waals surface area contributed by atoms with Crippen molar-refractivity contribution in [1.29, 1.82) is 0 Å². The molecule has 0 aliphatic heterocycles. The Morgan fingerprint density at radius 2 is 2.00 bits per heavy atom. The first-order chi connectivity index (χ1) is 12.5. The van der Waals surface area contributed by atoms with Crippen LogP contribution in [0.15, 0.2) is 42.5 Å². The summed E-state index contributed by atoms with van der Waals surface area (Å²) in [5.41, 5.74) is 2.02. The number of halogens is 1. The van der Waals surface area contributed by atoms with Crippen molar-refractivity contribution >= 4 is 17.5 Å². The summed E-state index contributed by atoms with van der Waals surface area (Å²) in [5, 5.41) is 5.57. The van der Waals surface area contributed by atoms with E-state index < -0.39 is 0 Å². The lowest BCUT2D eigenvalue weighted by Crippen LogP contribution is -2.28. The molecule has 5 nitrogen and oxygen atoms in total. The topological polar surface area (TPSA) is 67.4 Å². The fourth-order valence-electron chi connectivity index (χ4n) is 2.47. The van der Waals surface area contributed by atoms with E-state index in [4.69, 9.17) is 4.74 Å². The number of hydrogen-bond acceptors (Lipinski definition) is 3. The van der Waals surface area contributed by atoms with E-state index in [1.807, 2.05) is 0 Å². The summed E-state index contributed by atoms with van der Waals surface area (Å²) in [5.74, 6) is 0.109. The van der Waals surface area contributed by atoms with Gasteiger partial charge in [0, 0.05) is 24.2 Å². The summed E-state index contributed by atoms with van der Waals surface area (Å²) < 4.78 is 18.7. The molecule has 2 amide bonds. The first kappa shape index (κ1) is 17.9. The SMILES string of the molecule is Cc1cc(CNC(=O)COc2cccc(NC(=O)C3CC3)c2)ccc1F. The van der Waals surface area contributed by atoms with E-state index in [0.29, 0.717) is 23.5 Å². The third kappa shape index (κ3) is 5.05. The van der Waals surface area contributed by atoms with Gasteiger partial charge in [0.05, 0.1) is 0 Å². The Morgan fingerprint density at radius 1 is 1.19 bits per heavy atom. The van der Waals surface area contributed by atoms with E-state index in [1.165, 1.54) is 6.07 Å². The summed E-state index contributed by atoms with van der Waals surface area (Å²) in [6, 6.07) is 11.7. The summed E-state index contributed by atoms with van der Waals surface area (Å²) in [4.78, 5) is 23.7. The number of amides is 2. The number of carbonyl (C=O) groups is 2. The molecule has 0 unspecified atom stereocenters. The fourth-order valence-corrected chi connectivity index (χ4v) is 2.47. The molecule has 0 heterocycles. The average Bonchev–Trinajstić information content (AvgIpc) is 3.46. The molecule has 2 aromatic rings. The highest BCUT2D eigenvalue weighted by molar-refractivity contribution is 5.94. The fraction of sp³-hybridized carbons (Fsp3) is 0.300. The van der Waals surface area contributed by atoms with Crippen LogP contribution in [0.5, 0.6) is 5.75 Å². The Hall–Kier alpha value is -2.89. The molecule has 1 aliphatic carbocycles. The van der Waals surface area contributed by atoms with Crippen LogP contribution in [0.1, 0.15) is 24.0 Å². The first-order valence-electron chi connectivity index (χ1n) is 8.57. The molecule has 2 N–H and O–H groups in total. The van der Waals surface area contributed by atoms with Crippen molar-refractivity contribution in [2.45, 2.75) is 26.3 Å². The van der Waals surface area contributed by atoms with Gasteiger partial charge in [-0.15, -0.1) is 0 Å². The van der Waals surface area contributed by atoms with Crippen molar-refractivity contribution in [1.82, 2.24) is 5.32 Å². The Balaban J connectivity index is 1.46. The van der Waals surface area contributed by atoms with Gasteiger partial charge in [-0.25, -0.2) is 4.39 Å². The van der Waals surface area contributed by atoms with Gasteiger partial charge in [0.25, 0.3) is 5.91 Å². The minimum atomic E-state index is -0.278. The van der Waals surface area contributed by atoms with Gasteiger partial charge in [0.1, 0.15) is 11.6 Å². The number of aryl methyl sites for hydroxylation is 1. The van der Waals surface area contributed by atoms with E-state index in [-0.39, 0.29) is 30.2 Å². The minimum Gasteiger partial charge on any atom is -0.484 e. The lowest BCUT2D eigenvalue weighted by molar-refractivity contribution is -0.123. The van der Waals surface area contributed by atoms with Gasteiger partial charge in [-0.2, -0.15) is 0 Å². The average molecular weight is 356 g/mol. The predicted molar refractivity (Wildman–Crippen MR) is 96.3 cm³/mol. The molecular weight excluding hydrogens is 335 g/mol. The molecule has 1 saturated carbocycles. The van der Waals surface area contributed by atoms with Crippen molar-refractivity contribution in [3.8, 4) is 5.75 Å². The zero-order chi connectivity index (χ0) is 18.5. The molecule has 2 aromatic carbocycles. The molecule has 0 spiro atoms. The van der Waals surface area contributed by atoms with Gasteiger partial charge in [0.2, 0.25) is 5.91 Å². The van der Waals surface area contributed by atoms with Crippen LogP contribution in [-0.4, -0.2) is 18.4 Å². The van der Waals surface area contributed by atoms with E-state index in [0.717, 1.165) is 18.4 Å². The molecule has 3 rings (SSSR count). The molecule has 0 bridgehead atoms. The van der Waals surface area contributed by atoms with Gasteiger partial charge in [-0.3, -0.25) is 9.59 Å². The first-order valence-corrected chi connectivity index (χ1v) is 8.57. The van der Waals surface area contributed by atoms with Crippen LogP contribution < -0.4 is 15.4 Å². The second-order valence-corrected chi connectivity index (χ2v) is 6.44. The molecular formula is C20H21FN2O3. The van der Waals surface area contributed by atoms with Gasteiger partial charge < -0.3 is 15.4 Å². The predicted octanol–water partition coefficient (Wildman–Crippen LogP) is 3.18. The van der Waals surface area contributed by atoms with Crippen LogP contribution >= 0.6 is 0 Å². The number of anilines is 1.